The van der Waals surface area contributed by atoms with Crippen molar-refractivity contribution >= 4 is 122 Å². The van der Waals surface area contributed by atoms with Crippen molar-refractivity contribution in [2.24, 2.45) is 0 Å². The zero-order valence-corrected chi connectivity index (χ0v) is 32.3. The van der Waals surface area contributed by atoms with E-state index in [2.05, 4.69) is 22.8 Å². The number of carbonyl (C=O) groups excluding carboxylic acids is 1. The van der Waals surface area contributed by atoms with E-state index in [0.29, 0.717) is 21.2 Å². The van der Waals surface area contributed by atoms with Crippen LogP contribution in [0.4, 0.5) is 11.4 Å². The highest BCUT2D eigenvalue weighted by Gasteiger charge is 2.57. The monoisotopic (exact) mass is 848 g/mol. The number of hydrogen-bond donors (Lipinski definition) is 2. The number of nitrogens with zero attached hydrogens (tertiary/aromatic N) is 2. The quantitative estimate of drug-likeness (QED) is 0.0777. The van der Waals surface area contributed by atoms with Gasteiger partial charge in [0.25, 0.3) is 0 Å². The van der Waals surface area contributed by atoms with E-state index in [4.69, 9.17) is 79.1 Å². The highest BCUT2D eigenvalue weighted by Crippen LogP contribution is 2.62. The Morgan fingerprint density at radius 2 is 1.13 bits per heavy atom. The lowest BCUT2D eigenvalue weighted by Gasteiger charge is -2.37. The van der Waals surface area contributed by atoms with Gasteiger partial charge in [-0.15, -0.1) is 0 Å². The first-order valence-corrected chi connectivity index (χ1v) is 19.3. The number of hydrogen-bond acceptors (Lipinski definition) is 9. The van der Waals surface area contributed by atoms with Gasteiger partial charge in [0.2, 0.25) is 0 Å². The molecule has 53 heavy (non-hydrogen) atoms. The van der Waals surface area contributed by atoms with Crippen molar-refractivity contribution in [3.8, 4) is 23.6 Å². The molecule has 0 amide bonds. The molecular weight excluding hydrogens is 837 g/mol. The standard InChI is InChI=1S/C38H14Cl6N4O3S2/c39-21-11-19-25(9-15(21)17(13-45)35-47-23-5-1-3-7-27(23)52-35)50-26-10-16(18(14-46)36-48-24-6-2-4-8-28(24)53-36)22(40)12-20(26)38(19)30-29(37(49)51-38)31(41)33(43)34(44)32(30)42/h1-12,47-48H/b35-17-,36-18-. The van der Waals surface area contributed by atoms with E-state index < -0.39 is 11.6 Å². The van der Waals surface area contributed by atoms with Crippen molar-refractivity contribution in [2.45, 2.75) is 15.4 Å². The van der Waals surface area contributed by atoms with Crippen molar-refractivity contribution < 1.29 is 14.3 Å². The third-order valence-electron chi connectivity index (χ3n) is 9.10. The minimum atomic E-state index is -1.86. The number of esters is 1. The summed E-state index contributed by atoms with van der Waals surface area (Å²) in [6.07, 6.45) is 0. The van der Waals surface area contributed by atoms with Crippen LogP contribution >= 0.6 is 93.1 Å². The number of ether oxygens (including phenoxy) is 2. The van der Waals surface area contributed by atoms with Crippen LogP contribution < -0.4 is 15.4 Å². The van der Waals surface area contributed by atoms with Crippen molar-refractivity contribution in [1.29, 1.82) is 10.5 Å². The molecule has 0 saturated carbocycles. The first-order chi connectivity index (χ1) is 25.5. The van der Waals surface area contributed by atoms with Crippen LogP contribution in [0.25, 0.3) is 11.1 Å². The number of benzene rings is 5. The Balaban J connectivity index is 1.29. The molecule has 9 rings (SSSR count). The number of carbonyl (C=O) groups is 1. The summed E-state index contributed by atoms with van der Waals surface area (Å²) in [7, 11) is 0. The van der Waals surface area contributed by atoms with Gasteiger partial charge in [0.15, 0.2) is 5.60 Å². The molecule has 4 aliphatic heterocycles. The van der Waals surface area contributed by atoms with Gasteiger partial charge in [-0.1, -0.05) is 117 Å². The molecule has 2 N–H and O–H groups in total. The fourth-order valence-electron chi connectivity index (χ4n) is 6.77. The van der Waals surface area contributed by atoms with Crippen molar-refractivity contribution in [3.63, 3.8) is 0 Å². The second-order valence-electron chi connectivity index (χ2n) is 11.9. The second-order valence-corrected chi connectivity index (χ2v) is 16.3. The molecule has 0 saturated heterocycles. The largest absolute Gasteiger partial charge is 0.456 e. The first kappa shape index (κ1) is 34.6. The number of allylic oxidation sites excluding steroid dienone is 2. The van der Waals surface area contributed by atoms with Crippen LogP contribution in [0.3, 0.4) is 0 Å². The van der Waals surface area contributed by atoms with E-state index in [1.807, 2.05) is 48.5 Å². The van der Waals surface area contributed by atoms with E-state index >= 15 is 0 Å². The average molecular weight is 851 g/mol. The number of para-hydroxylation sites is 2. The fourth-order valence-corrected chi connectivity index (χ4v) is 10.4. The highest BCUT2D eigenvalue weighted by atomic mass is 35.5. The molecule has 0 radical (unpaired) electrons. The second kappa shape index (κ2) is 12.7. The van der Waals surface area contributed by atoms with Gasteiger partial charge in [-0.05, 0) is 48.5 Å². The van der Waals surface area contributed by atoms with Crippen LogP contribution in [-0.2, 0) is 10.3 Å². The van der Waals surface area contributed by atoms with Crippen LogP contribution in [0.1, 0.15) is 38.2 Å². The van der Waals surface area contributed by atoms with Gasteiger partial charge in [-0.3, -0.25) is 0 Å². The smallest absolute Gasteiger partial charge is 0.341 e. The van der Waals surface area contributed by atoms with Crippen LogP contribution in [0.5, 0.6) is 11.5 Å². The molecule has 4 heterocycles. The summed E-state index contributed by atoms with van der Waals surface area (Å²) in [6, 6.07) is 26.2. The lowest BCUT2D eigenvalue weighted by molar-refractivity contribution is 0.0224. The average Bonchev–Trinajstić information content (AvgIpc) is 3.86. The van der Waals surface area contributed by atoms with Crippen molar-refractivity contribution in [1.82, 2.24) is 0 Å². The van der Waals surface area contributed by atoms with E-state index in [0.717, 1.165) is 21.2 Å². The van der Waals surface area contributed by atoms with Crippen LogP contribution in [0.2, 0.25) is 30.1 Å². The van der Waals surface area contributed by atoms with Gasteiger partial charge >= 0.3 is 5.97 Å². The number of nitrogens with one attached hydrogen (secondary N) is 2. The summed E-state index contributed by atoms with van der Waals surface area (Å²) >= 11 is 43.5. The van der Waals surface area contributed by atoms with Gasteiger partial charge in [-0.2, -0.15) is 10.5 Å². The summed E-state index contributed by atoms with van der Waals surface area (Å²) in [5.41, 5.74) is 1.54. The Bertz CT molecular complexity index is 2530. The number of rotatable bonds is 2. The summed E-state index contributed by atoms with van der Waals surface area (Å²) in [5.74, 6) is -0.493. The van der Waals surface area contributed by atoms with Gasteiger partial charge in [0.05, 0.1) is 58.2 Å². The number of nitriles is 2. The Morgan fingerprint density at radius 3 is 1.60 bits per heavy atom. The molecule has 4 aliphatic rings. The minimum Gasteiger partial charge on any atom is -0.456 e. The number of halogens is 6. The number of anilines is 2. The molecule has 15 heteroatoms. The molecule has 0 atom stereocenters. The molecule has 258 valence electrons. The first-order valence-electron chi connectivity index (χ1n) is 15.4. The molecule has 0 bridgehead atoms. The predicted octanol–water partition coefficient (Wildman–Crippen LogP) is 13.0. The molecule has 0 fully saturated rings. The summed E-state index contributed by atoms with van der Waals surface area (Å²) < 4.78 is 12.9. The fraction of sp³-hybridized carbons (Fsp3) is 0.0263. The molecule has 0 unspecified atom stereocenters. The van der Waals surface area contributed by atoms with Crippen molar-refractivity contribution in [3.05, 3.63) is 146 Å². The van der Waals surface area contributed by atoms with E-state index in [-0.39, 0.29) is 75.0 Å². The maximum absolute atomic E-state index is 13.9. The summed E-state index contributed by atoms with van der Waals surface area (Å²) in [4.78, 5) is 15.8. The molecular formula is C38H14Cl6N4O3S2. The van der Waals surface area contributed by atoms with Gasteiger partial charge in [0.1, 0.15) is 23.6 Å². The van der Waals surface area contributed by atoms with E-state index in [9.17, 15) is 15.3 Å². The molecule has 0 aliphatic carbocycles. The Kier molecular flexibility index (Phi) is 8.32. The molecule has 7 nitrogen and oxygen atoms in total. The Labute approximate surface area is 340 Å². The Morgan fingerprint density at radius 1 is 0.660 bits per heavy atom. The lowest BCUT2D eigenvalue weighted by Crippen LogP contribution is -2.33. The van der Waals surface area contributed by atoms with Gasteiger partial charge in [0, 0.05) is 47.7 Å². The van der Waals surface area contributed by atoms with Crippen molar-refractivity contribution in [2.75, 3.05) is 10.6 Å². The Hall–Kier alpha value is -4.13. The van der Waals surface area contributed by atoms with E-state index in [1.54, 1.807) is 24.3 Å². The number of fused-ring (bicyclic) bond motifs is 8. The molecule has 0 aromatic heterocycles. The minimum absolute atomic E-state index is 0.0885. The molecule has 5 aromatic rings. The van der Waals surface area contributed by atoms with Crippen LogP contribution in [-0.4, -0.2) is 5.97 Å². The lowest BCUT2D eigenvalue weighted by atomic mass is 9.76. The summed E-state index contributed by atoms with van der Waals surface area (Å²) in [5, 5.41) is 28.5. The SMILES string of the molecule is N#C/C(=C1\Nc2ccccc2S1)c1cc2c(cc1Cl)C1(OC(=O)c3c(Cl)c(Cl)c(Cl)c(Cl)c31)c1cc(Cl)c(/C(C#N)=C3/Nc4ccccc4S3)cc1O2. The zero-order chi connectivity index (χ0) is 36.9. The van der Waals surface area contributed by atoms with Crippen LogP contribution in [0, 0.1) is 22.7 Å². The van der Waals surface area contributed by atoms with Crippen LogP contribution in [0.15, 0.2) is 92.6 Å². The van der Waals surface area contributed by atoms with Gasteiger partial charge in [-0.25, -0.2) is 4.79 Å². The van der Waals surface area contributed by atoms with E-state index in [1.165, 1.54) is 23.5 Å². The third kappa shape index (κ3) is 5.08. The predicted molar refractivity (Wildman–Crippen MR) is 212 cm³/mol. The topological polar surface area (TPSA) is 107 Å². The number of thioether (sulfide) groups is 2. The third-order valence-corrected chi connectivity index (χ3v) is 13.7. The normalized spacial score (nSPS) is 19.0. The zero-order valence-electron chi connectivity index (χ0n) is 26.1. The molecule has 1 spiro atoms. The highest BCUT2D eigenvalue weighted by molar-refractivity contribution is 8.04. The maximum atomic E-state index is 13.9. The summed E-state index contributed by atoms with van der Waals surface area (Å²) in [6.45, 7) is 0. The van der Waals surface area contributed by atoms with Gasteiger partial charge < -0.3 is 20.1 Å². The molecule has 5 aromatic carbocycles. The maximum Gasteiger partial charge on any atom is 0.341 e.